The van der Waals surface area contributed by atoms with Gasteiger partial charge < -0.3 is 16.0 Å². The molecule has 20 heavy (non-hydrogen) atoms. The maximum absolute atomic E-state index is 11.8. The second-order valence-corrected chi connectivity index (χ2v) is 5.91. The molecule has 0 bridgehead atoms. The van der Waals surface area contributed by atoms with Gasteiger partial charge in [-0.1, -0.05) is 23.2 Å². The summed E-state index contributed by atoms with van der Waals surface area (Å²) in [5.74, 6) is 0.657. The zero-order valence-electron chi connectivity index (χ0n) is 11.2. The van der Waals surface area contributed by atoms with Gasteiger partial charge in [0, 0.05) is 22.3 Å². The summed E-state index contributed by atoms with van der Waals surface area (Å²) in [6.07, 6.45) is 3.45. The molecule has 1 aromatic carbocycles. The molecular formula is C14H19Cl2N3O. The molecule has 2 rings (SSSR count). The Morgan fingerprint density at radius 1 is 1.30 bits per heavy atom. The van der Waals surface area contributed by atoms with Gasteiger partial charge in [-0.25, -0.2) is 4.79 Å². The fraction of sp³-hybridized carbons (Fsp3) is 0.500. The number of carbonyl (C=O) groups excluding carboxylic acids is 1. The van der Waals surface area contributed by atoms with Crippen molar-refractivity contribution in [3.63, 3.8) is 0 Å². The van der Waals surface area contributed by atoms with E-state index in [1.807, 2.05) is 0 Å². The molecule has 0 radical (unpaired) electrons. The monoisotopic (exact) mass is 315 g/mol. The Labute approximate surface area is 129 Å². The zero-order chi connectivity index (χ0) is 14.4. The van der Waals surface area contributed by atoms with Crippen LogP contribution in [0.4, 0.5) is 10.5 Å². The Morgan fingerprint density at radius 2 is 2.05 bits per heavy atom. The van der Waals surface area contributed by atoms with Gasteiger partial charge in [0.05, 0.1) is 0 Å². The van der Waals surface area contributed by atoms with E-state index in [4.69, 9.17) is 23.2 Å². The smallest absolute Gasteiger partial charge is 0.319 e. The molecule has 0 spiro atoms. The Hall–Kier alpha value is -0.970. The molecule has 1 fully saturated rings. The highest BCUT2D eigenvalue weighted by molar-refractivity contribution is 6.35. The second kappa shape index (κ2) is 7.72. The molecule has 1 aromatic rings. The van der Waals surface area contributed by atoms with Crippen molar-refractivity contribution >= 4 is 34.9 Å². The lowest BCUT2D eigenvalue weighted by molar-refractivity contribution is 0.250. The molecule has 1 aliphatic rings. The van der Waals surface area contributed by atoms with Crippen molar-refractivity contribution in [3.8, 4) is 0 Å². The summed E-state index contributed by atoms with van der Waals surface area (Å²) in [7, 11) is 0. The number of rotatable bonds is 4. The normalized spacial score (nSPS) is 18.6. The van der Waals surface area contributed by atoms with Crippen LogP contribution in [0.1, 0.15) is 19.3 Å². The van der Waals surface area contributed by atoms with Gasteiger partial charge >= 0.3 is 6.03 Å². The summed E-state index contributed by atoms with van der Waals surface area (Å²) < 4.78 is 0. The summed E-state index contributed by atoms with van der Waals surface area (Å²) in [4.78, 5) is 11.8. The van der Waals surface area contributed by atoms with Crippen LogP contribution in [0.25, 0.3) is 0 Å². The molecule has 4 nitrogen and oxygen atoms in total. The van der Waals surface area contributed by atoms with Crippen molar-refractivity contribution in [1.29, 1.82) is 0 Å². The summed E-state index contributed by atoms with van der Waals surface area (Å²) in [5, 5.41) is 9.95. The maximum Gasteiger partial charge on any atom is 0.319 e. The molecule has 2 amide bonds. The first-order valence-corrected chi connectivity index (χ1v) is 7.61. The molecule has 1 saturated heterocycles. The van der Waals surface area contributed by atoms with Crippen LogP contribution in [0.2, 0.25) is 10.0 Å². The summed E-state index contributed by atoms with van der Waals surface area (Å²) in [6, 6.07) is 4.73. The molecule has 6 heteroatoms. The van der Waals surface area contributed by atoms with E-state index < -0.39 is 0 Å². The van der Waals surface area contributed by atoms with E-state index >= 15 is 0 Å². The Balaban J connectivity index is 1.72. The predicted molar refractivity (Wildman–Crippen MR) is 83.7 cm³/mol. The Kier molecular flexibility index (Phi) is 5.95. The maximum atomic E-state index is 11.8. The first-order chi connectivity index (χ1) is 9.63. The molecule has 1 unspecified atom stereocenters. The van der Waals surface area contributed by atoms with Crippen LogP contribution in [0, 0.1) is 5.92 Å². The lowest BCUT2D eigenvalue weighted by Gasteiger charge is -2.22. The number of anilines is 1. The second-order valence-electron chi connectivity index (χ2n) is 5.04. The predicted octanol–water partition coefficient (Wildman–Crippen LogP) is 3.50. The average Bonchev–Trinajstić information content (AvgIpc) is 2.38. The number of hydrogen-bond acceptors (Lipinski definition) is 2. The van der Waals surface area contributed by atoms with Crippen LogP contribution in [0.3, 0.4) is 0 Å². The molecule has 3 N–H and O–H groups in total. The third kappa shape index (κ3) is 5.19. The van der Waals surface area contributed by atoms with Gasteiger partial charge in [0.2, 0.25) is 0 Å². The van der Waals surface area contributed by atoms with Crippen molar-refractivity contribution in [1.82, 2.24) is 10.6 Å². The van der Waals surface area contributed by atoms with Gasteiger partial charge in [0.25, 0.3) is 0 Å². The third-order valence-electron chi connectivity index (χ3n) is 3.36. The number of benzene rings is 1. The first-order valence-electron chi connectivity index (χ1n) is 6.85. The quantitative estimate of drug-likeness (QED) is 0.796. The van der Waals surface area contributed by atoms with E-state index in [1.165, 1.54) is 12.8 Å². The van der Waals surface area contributed by atoms with E-state index in [0.29, 0.717) is 28.2 Å². The molecule has 110 valence electrons. The molecule has 0 aromatic heterocycles. The largest absolute Gasteiger partial charge is 0.338 e. The lowest BCUT2D eigenvalue weighted by Crippen LogP contribution is -2.34. The minimum Gasteiger partial charge on any atom is -0.338 e. The van der Waals surface area contributed by atoms with Gasteiger partial charge in [0.1, 0.15) is 0 Å². The Bertz CT molecular complexity index is 441. The molecule has 1 heterocycles. The minimum atomic E-state index is -0.230. The van der Waals surface area contributed by atoms with Gasteiger partial charge in [-0.2, -0.15) is 0 Å². The third-order valence-corrected chi connectivity index (χ3v) is 3.79. The fourth-order valence-electron chi connectivity index (χ4n) is 2.36. The van der Waals surface area contributed by atoms with E-state index in [9.17, 15) is 4.79 Å². The molecule has 1 aliphatic heterocycles. The summed E-state index contributed by atoms with van der Waals surface area (Å²) in [5.41, 5.74) is 0.597. The SMILES string of the molecule is O=C(NCCC1CCCNC1)Nc1cc(Cl)cc(Cl)c1. The van der Waals surface area contributed by atoms with E-state index in [1.54, 1.807) is 18.2 Å². The van der Waals surface area contributed by atoms with Crippen LogP contribution in [0.5, 0.6) is 0 Å². The minimum absolute atomic E-state index is 0.230. The van der Waals surface area contributed by atoms with Gasteiger partial charge in [-0.15, -0.1) is 0 Å². The first kappa shape index (κ1) is 15.4. The molecular weight excluding hydrogens is 297 g/mol. The average molecular weight is 316 g/mol. The topological polar surface area (TPSA) is 53.2 Å². The van der Waals surface area contributed by atoms with E-state index in [2.05, 4.69) is 16.0 Å². The number of carbonyl (C=O) groups is 1. The summed E-state index contributed by atoms with van der Waals surface area (Å²) >= 11 is 11.8. The number of urea groups is 1. The van der Waals surface area contributed by atoms with Crippen LogP contribution in [-0.2, 0) is 0 Å². The van der Waals surface area contributed by atoms with Crippen molar-refractivity contribution in [2.75, 3.05) is 25.0 Å². The highest BCUT2D eigenvalue weighted by Crippen LogP contribution is 2.22. The number of hydrogen-bond donors (Lipinski definition) is 3. The van der Waals surface area contributed by atoms with Gasteiger partial charge in [-0.3, -0.25) is 0 Å². The van der Waals surface area contributed by atoms with Gasteiger partial charge in [0.15, 0.2) is 0 Å². The zero-order valence-corrected chi connectivity index (χ0v) is 12.7. The number of nitrogens with one attached hydrogen (secondary N) is 3. The van der Waals surface area contributed by atoms with Crippen LogP contribution in [0.15, 0.2) is 18.2 Å². The highest BCUT2D eigenvalue weighted by atomic mass is 35.5. The lowest BCUT2D eigenvalue weighted by atomic mass is 9.96. The van der Waals surface area contributed by atoms with Crippen molar-refractivity contribution < 1.29 is 4.79 Å². The van der Waals surface area contributed by atoms with Crippen molar-refractivity contribution in [2.45, 2.75) is 19.3 Å². The number of piperidine rings is 1. The van der Waals surface area contributed by atoms with Crippen LogP contribution < -0.4 is 16.0 Å². The van der Waals surface area contributed by atoms with Crippen molar-refractivity contribution in [3.05, 3.63) is 28.2 Å². The number of halogens is 2. The highest BCUT2D eigenvalue weighted by Gasteiger charge is 2.12. The molecule has 1 atom stereocenters. The van der Waals surface area contributed by atoms with Crippen LogP contribution in [-0.4, -0.2) is 25.7 Å². The molecule has 0 saturated carbocycles. The molecule has 0 aliphatic carbocycles. The van der Waals surface area contributed by atoms with Crippen molar-refractivity contribution in [2.24, 2.45) is 5.92 Å². The fourth-order valence-corrected chi connectivity index (χ4v) is 2.89. The number of amides is 2. The van der Waals surface area contributed by atoms with E-state index in [-0.39, 0.29) is 6.03 Å². The van der Waals surface area contributed by atoms with Gasteiger partial charge in [-0.05, 0) is 56.5 Å². The van der Waals surface area contributed by atoms with E-state index in [0.717, 1.165) is 19.5 Å². The summed E-state index contributed by atoms with van der Waals surface area (Å²) in [6.45, 7) is 2.83. The van der Waals surface area contributed by atoms with Crippen LogP contribution >= 0.6 is 23.2 Å². The standard InChI is InChI=1S/C14H19Cl2N3O/c15-11-6-12(16)8-13(7-11)19-14(20)18-5-3-10-2-1-4-17-9-10/h6-8,10,17H,1-5,9H2,(H2,18,19,20). The Morgan fingerprint density at radius 3 is 2.70 bits per heavy atom.